The van der Waals surface area contributed by atoms with Crippen molar-refractivity contribution in [1.29, 1.82) is 0 Å². The molecule has 1 nitrogen and oxygen atoms in total. The molecule has 0 heterocycles. The van der Waals surface area contributed by atoms with E-state index < -0.39 is 0 Å². The number of hydrogen-bond donors (Lipinski definition) is 1. The molecule has 0 aliphatic carbocycles. The third-order valence-electron chi connectivity index (χ3n) is 3.73. The fraction of sp³-hybridized carbons (Fsp3) is 0.667. The van der Waals surface area contributed by atoms with E-state index in [4.69, 9.17) is 0 Å². The first kappa shape index (κ1) is 16.2. The molecule has 0 aromatic heterocycles. The molecule has 1 aromatic carbocycles. The second-order valence-corrected chi connectivity index (χ2v) is 7.10. The summed E-state index contributed by atoms with van der Waals surface area (Å²) >= 11 is 0. The second-order valence-electron chi connectivity index (χ2n) is 7.10. The number of benzene rings is 1. The van der Waals surface area contributed by atoms with Crippen LogP contribution in [0.15, 0.2) is 24.3 Å². The summed E-state index contributed by atoms with van der Waals surface area (Å²) in [5, 5.41) is 3.55. The predicted molar refractivity (Wildman–Crippen MR) is 85.8 cm³/mol. The minimum Gasteiger partial charge on any atom is -0.314 e. The van der Waals surface area contributed by atoms with Crippen LogP contribution in [0.1, 0.15) is 65.0 Å². The van der Waals surface area contributed by atoms with E-state index in [0.717, 1.165) is 6.54 Å². The Morgan fingerprint density at radius 2 is 1.58 bits per heavy atom. The van der Waals surface area contributed by atoms with Crippen molar-refractivity contribution in [3.8, 4) is 0 Å². The molecule has 0 aliphatic heterocycles. The molecular weight excluding hydrogens is 230 g/mol. The average molecular weight is 261 g/mol. The van der Waals surface area contributed by atoms with Crippen LogP contribution in [0.3, 0.4) is 0 Å². The zero-order chi connectivity index (χ0) is 14.5. The van der Waals surface area contributed by atoms with Crippen molar-refractivity contribution in [3.05, 3.63) is 35.4 Å². The minimum atomic E-state index is 0.362. The van der Waals surface area contributed by atoms with Crippen molar-refractivity contribution in [2.24, 2.45) is 5.41 Å². The summed E-state index contributed by atoms with van der Waals surface area (Å²) < 4.78 is 0. The molecule has 0 bridgehead atoms. The minimum absolute atomic E-state index is 0.362. The molecule has 1 heteroatoms. The lowest BCUT2D eigenvalue weighted by atomic mass is 9.85. The maximum Gasteiger partial charge on any atom is 0.00106 e. The first-order chi connectivity index (χ1) is 8.80. The van der Waals surface area contributed by atoms with Crippen LogP contribution in [0.4, 0.5) is 0 Å². The Hall–Kier alpha value is -0.820. The summed E-state index contributed by atoms with van der Waals surface area (Å²) in [4.78, 5) is 0. The third kappa shape index (κ3) is 6.24. The Morgan fingerprint density at radius 1 is 1.00 bits per heavy atom. The maximum atomic E-state index is 3.55. The van der Waals surface area contributed by atoms with Crippen LogP contribution in [0, 0.1) is 5.41 Å². The smallest absolute Gasteiger partial charge is 0.00106 e. The van der Waals surface area contributed by atoms with Crippen LogP contribution in [-0.2, 0) is 6.42 Å². The lowest BCUT2D eigenvalue weighted by Crippen LogP contribution is -2.34. The van der Waals surface area contributed by atoms with Crippen molar-refractivity contribution in [2.75, 3.05) is 6.54 Å². The van der Waals surface area contributed by atoms with Crippen molar-refractivity contribution >= 4 is 0 Å². The van der Waals surface area contributed by atoms with E-state index in [9.17, 15) is 0 Å². The van der Waals surface area contributed by atoms with Crippen LogP contribution in [0.2, 0.25) is 0 Å². The predicted octanol–water partition coefficient (Wildman–Crippen LogP) is 4.77. The highest BCUT2D eigenvalue weighted by atomic mass is 14.9. The van der Waals surface area contributed by atoms with E-state index in [1.165, 1.54) is 24.0 Å². The van der Waals surface area contributed by atoms with E-state index in [2.05, 4.69) is 71.1 Å². The molecule has 0 amide bonds. The van der Waals surface area contributed by atoms with Crippen molar-refractivity contribution in [3.63, 3.8) is 0 Å². The first-order valence-corrected chi connectivity index (χ1v) is 7.62. The molecule has 0 saturated carbocycles. The fourth-order valence-electron chi connectivity index (χ4n) is 2.12. The fourth-order valence-corrected chi connectivity index (χ4v) is 2.12. The van der Waals surface area contributed by atoms with Gasteiger partial charge in [0.05, 0.1) is 0 Å². The van der Waals surface area contributed by atoms with Crippen LogP contribution >= 0.6 is 0 Å². The van der Waals surface area contributed by atoms with Gasteiger partial charge in [-0.1, -0.05) is 65.8 Å². The van der Waals surface area contributed by atoms with Gasteiger partial charge in [0, 0.05) is 12.6 Å². The van der Waals surface area contributed by atoms with Crippen LogP contribution in [0.5, 0.6) is 0 Å². The summed E-state index contributed by atoms with van der Waals surface area (Å²) in [6, 6.07) is 9.71. The van der Waals surface area contributed by atoms with E-state index in [1.54, 1.807) is 0 Å². The summed E-state index contributed by atoms with van der Waals surface area (Å²) in [7, 11) is 0. The van der Waals surface area contributed by atoms with Gasteiger partial charge in [-0.05, 0) is 35.3 Å². The van der Waals surface area contributed by atoms with Gasteiger partial charge in [-0.25, -0.2) is 0 Å². The number of hydrogen-bond acceptors (Lipinski definition) is 1. The molecule has 0 aliphatic rings. The standard InChI is InChI=1S/C18H31N/c1-14(2)17-9-7-16(8-10-17)11-12-18(5,6)13-19-15(3)4/h7-10,14-15,19H,11-13H2,1-6H3. The molecule has 1 rings (SSSR count). The largest absolute Gasteiger partial charge is 0.314 e. The van der Waals surface area contributed by atoms with Crippen molar-refractivity contribution in [2.45, 2.75) is 66.3 Å². The molecule has 0 spiro atoms. The number of aryl methyl sites for hydroxylation is 1. The van der Waals surface area contributed by atoms with Gasteiger partial charge >= 0.3 is 0 Å². The molecule has 108 valence electrons. The highest BCUT2D eigenvalue weighted by Gasteiger charge is 2.17. The first-order valence-electron chi connectivity index (χ1n) is 7.62. The molecule has 0 unspecified atom stereocenters. The van der Waals surface area contributed by atoms with Gasteiger partial charge in [0.25, 0.3) is 0 Å². The SMILES string of the molecule is CC(C)NCC(C)(C)CCc1ccc(C(C)C)cc1. The molecular formula is C18H31N. The zero-order valence-electron chi connectivity index (χ0n) is 13.6. The Bertz CT molecular complexity index is 360. The second kappa shape index (κ2) is 7.09. The number of rotatable bonds is 7. The third-order valence-corrected chi connectivity index (χ3v) is 3.73. The van der Waals surface area contributed by atoms with Gasteiger partial charge in [0.15, 0.2) is 0 Å². The van der Waals surface area contributed by atoms with Crippen LogP contribution in [0.25, 0.3) is 0 Å². The molecule has 0 radical (unpaired) electrons. The molecule has 1 aromatic rings. The number of nitrogens with one attached hydrogen (secondary N) is 1. The van der Waals surface area contributed by atoms with Crippen molar-refractivity contribution in [1.82, 2.24) is 5.32 Å². The Morgan fingerprint density at radius 3 is 2.05 bits per heavy atom. The van der Waals surface area contributed by atoms with Gasteiger partial charge in [-0.3, -0.25) is 0 Å². The Labute approximate surface area is 119 Å². The monoisotopic (exact) mass is 261 g/mol. The van der Waals surface area contributed by atoms with Crippen LogP contribution in [-0.4, -0.2) is 12.6 Å². The van der Waals surface area contributed by atoms with Gasteiger partial charge in [-0.2, -0.15) is 0 Å². The average Bonchev–Trinajstić information content (AvgIpc) is 2.35. The van der Waals surface area contributed by atoms with Gasteiger partial charge < -0.3 is 5.32 Å². The lowest BCUT2D eigenvalue weighted by Gasteiger charge is -2.26. The van der Waals surface area contributed by atoms with Gasteiger partial charge in [0.1, 0.15) is 0 Å². The highest BCUT2D eigenvalue weighted by molar-refractivity contribution is 5.24. The zero-order valence-corrected chi connectivity index (χ0v) is 13.6. The van der Waals surface area contributed by atoms with E-state index >= 15 is 0 Å². The van der Waals surface area contributed by atoms with Crippen molar-refractivity contribution < 1.29 is 0 Å². The summed E-state index contributed by atoms with van der Waals surface area (Å²) in [6.07, 6.45) is 2.40. The van der Waals surface area contributed by atoms with Gasteiger partial charge in [0.2, 0.25) is 0 Å². The quantitative estimate of drug-likeness (QED) is 0.745. The van der Waals surface area contributed by atoms with E-state index in [1.807, 2.05) is 0 Å². The Kier molecular flexibility index (Phi) is 6.06. The molecule has 1 N–H and O–H groups in total. The van der Waals surface area contributed by atoms with E-state index in [0.29, 0.717) is 17.4 Å². The summed E-state index contributed by atoms with van der Waals surface area (Å²) in [5.41, 5.74) is 3.26. The molecule has 0 atom stereocenters. The summed E-state index contributed by atoms with van der Waals surface area (Å²) in [5.74, 6) is 0.626. The normalized spacial score (nSPS) is 12.4. The van der Waals surface area contributed by atoms with E-state index in [-0.39, 0.29) is 0 Å². The topological polar surface area (TPSA) is 12.0 Å². The van der Waals surface area contributed by atoms with Crippen LogP contribution < -0.4 is 5.32 Å². The summed E-state index contributed by atoms with van der Waals surface area (Å²) in [6.45, 7) is 14.7. The highest BCUT2D eigenvalue weighted by Crippen LogP contribution is 2.23. The van der Waals surface area contributed by atoms with Gasteiger partial charge in [-0.15, -0.1) is 0 Å². The maximum absolute atomic E-state index is 3.55. The Balaban J connectivity index is 2.47. The molecule has 19 heavy (non-hydrogen) atoms. The molecule has 0 fully saturated rings. The molecule has 0 saturated heterocycles. The lowest BCUT2D eigenvalue weighted by molar-refractivity contribution is 0.304.